The molecule has 0 unspecified atom stereocenters. The first-order valence-corrected chi connectivity index (χ1v) is 8.80. The van der Waals surface area contributed by atoms with Crippen molar-refractivity contribution >= 4 is 38.4 Å². The highest BCUT2D eigenvalue weighted by molar-refractivity contribution is 7.92. The SMILES string of the molecule is CCn1c(=O)oc2cc(S(=O)(=O)Nc3ccccc3F)c(Cl)cc21. The lowest BCUT2D eigenvalue weighted by Crippen LogP contribution is -2.14. The molecule has 3 aromatic rings. The minimum atomic E-state index is -4.16. The molecule has 6 nitrogen and oxygen atoms in total. The normalized spacial score (nSPS) is 11.8. The van der Waals surface area contributed by atoms with Crippen LogP contribution >= 0.6 is 11.6 Å². The molecule has 0 fully saturated rings. The van der Waals surface area contributed by atoms with Gasteiger partial charge in [-0.15, -0.1) is 0 Å². The van der Waals surface area contributed by atoms with Gasteiger partial charge in [-0.05, 0) is 25.1 Å². The van der Waals surface area contributed by atoms with E-state index in [0.29, 0.717) is 12.1 Å². The van der Waals surface area contributed by atoms with Crippen LogP contribution in [0.4, 0.5) is 10.1 Å². The van der Waals surface area contributed by atoms with Crippen LogP contribution in [0.3, 0.4) is 0 Å². The van der Waals surface area contributed by atoms with Gasteiger partial charge >= 0.3 is 5.76 Å². The molecular formula is C15H12ClFN2O4S. The number of oxazole rings is 1. The molecule has 0 amide bonds. The maximum atomic E-state index is 13.7. The van der Waals surface area contributed by atoms with E-state index in [-0.39, 0.29) is 21.2 Å². The van der Waals surface area contributed by atoms with Crippen LogP contribution in [0.5, 0.6) is 0 Å². The Labute approximate surface area is 141 Å². The molecule has 0 radical (unpaired) electrons. The highest BCUT2D eigenvalue weighted by Gasteiger charge is 2.22. The van der Waals surface area contributed by atoms with Gasteiger partial charge in [-0.1, -0.05) is 23.7 Å². The van der Waals surface area contributed by atoms with Gasteiger partial charge in [-0.3, -0.25) is 9.29 Å². The van der Waals surface area contributed by atoms with Crippen molar-refractivity contribution in [2.45, 2.75) is 18.4 Å². The first kappa shape index (κ1) is 16.5. The first-order chi connectivity index (χ1) is 11.3. The van der Waals surface area contributed by atoms with Crippen molar-refractivity contribution in [2.24, 2.45) is 0 Å². The number of halogens is 2. The van der Waals surface area contributed by atoms with E-state index in [1.165, 1.54) is 28.8 Å². The van der Waals surface area contributed by atoms with Gasteiger partial charge in [0.2, 0.25) is 0 Å². The quantitative estimate of drug-likeness (QED) is 0.764. The number of hydrogen-bond donors (Lipinski definition) is 1. The van der Waals surface area contributed by atoms with Gasteiger partial charge in [0.05, 0.1) is 16.2 Å². The topological polar surface area (TPSA) is 81.3 Å². The van der Waals surface area contributed by atoms with Crippen LogP contribution < -0.4 is 10.5 Å². The van der Waals surface area contributed by atoms with Gasteiger partial charge in [0.15, 0.2) is 5.58 Å². The number of benzene rings is 2. The number of aryl methyl sites for hydroxylation is 1. The van der Waals surface area contributed by atoms with Crippen molar-refractivity contribution in [3.05, 3.63) is 57.8 Å². The molecule has 1 aromatic heterocycles. The minimum absolute atomic E-state index is 0.0835. The fourth-order valence-corrected chi connectivity index (χ4v) is 3.92. The lowest BCUT2D eigenvalue weighted by molar-refractivity contribution is 0.512. The zero-order valence-corrected chi connectivity index (χ0v) is 14.0. The van der Waals surface area contributed by atoms with Crippen LogP contribution in [-0.4, -0.2) is 13.0 Å². The van der Waals surface area contributed by atoms with Gasteiger partial charge in [0, 0.05) is 12.6 Å². The Hall–Kier alpha value is -2.32. The number of aromatic nitrogens is 1. The molecule has 0 aliphatic rings. The Bertz CT molecular complexity index is 1090. The van der Waals surface area contributed by atoms with Crippen LogP contribution in [0, 0.1) is 5.82 Å². The monoisotopic (exact) mass is 370 g/mol. The molecular weight excluding hydrogens is 359 g/mol. The summed E-state index contributed by atoms with van der Waals surface area (Å²) in [6, 6.07) is 7.83. The average molecular weight is 371 g/mol. The minimum Gasteiger partial charge on any atom is -0.408 e. The molecule has 0 atom stereocenters. The van der Waals surface area contributed by atoms with Crippen LogP contribution in [0.2, 0.25) is 5.02 Å². The number of para-hydroxylation sites is 1. The standard InChI is InChI=1S/C15H12ClFN2O4S/c1-2-19-12-7-9(16)14(8-13(12)23-15(19)20)24(21,22)18-11-6-4-3-5-10(11)17/h3-8,18H,2H2,1H3. The number of sulfonamides is 1. The predicted octanol–water partition coefficient (Wildman–Crippen LogP) is 3.21. The number of hydrogen-bond acceptors (Lipinski definition) is 4. The van der Waals surface area contributed by atoms with Crippen LogP contribution in [0.25, 0.3) is 11.1 Å². The fraction of sp³-hybridized carbons (Fsp3) is 0.133. The second-order valence-corrected chi connectivity index (χ2v) is 7.01. The van der Waals surface area contributed by atoms with Crippen molar-refractivity contribution in [3.8, 4) is 0 Å². The lowest BCUT2D eigenvalue weighted by atomic mass is 10.3. The van der Waals surface area contributed by atoms with E-state index in [1.807, 2.05) is 0 Å². The Morgan fingerprint density at radius 2 is 2.00 bits per heavy atom. The number of nitrogens with one attached hydrogen (secondary N) is 1. The number of nitrogens with zero attached hydrogens (tertiary/aromatic N) is 1. The van der Waals surface area contributed by atoms with Crippen LogP contribution in [-0.2, 0) is 16.6 Å². The molecule has 1 heterocycles. The highest BCUT2D eigenvalue weighted by Crippen LogP contribution is 2.29. The fourth-order valence-electron chi connectivity index (χ4n) is 2.31. The van der Waals surface area contributed by atoms with Gasteiger partial charge in [0.1, 0.15) is 10.7 Å². The van der Waals surface area contributed by atoms with E-state index in [2.05, 4.69) is 4.72 Å². The molecule has 1 N–H and O–H groups in total. The molecule has 0 bridgehead atoms. The zero-order chi connectivity index (χ0) is 17.5. The molecule has 0 aliphatic carbocycles. The second kappa shape index (κ2) is 5.95. The van der Waals surface area contributed by atoms with Gasteiger partial charge in [-0.25, -0.2) is 17.6 Å². The Balaban J connectivity index is 2.13. The molecule has 0 saturated heterocycles. The molecule has 3 rings (SSSR count). The Morgan fingerprint density at radius 1 is 1.29 bits per heavy atom. The zero-order valence-electron chi connectivity index (χ0n) is 12.4. The summed E-state index contributed by atoms with van der Waals surface area (Å²) in [7, 11) is -4.16. The van der Waals surface area contributed by atoms with E-state index >= 15 is 0 Å². The lowest BCUT2D eigenvalue weighted by Gasteiger charge is -2.10. The summed E-state index contributed by atoms with van der Waals surface area (Å²) in [6.07, 6.45) is 0. The summed E-state index contributed by atoms with van der Waals surface area (Å²) >= 11 is 6.06. The second-order valence-electron chi connectivity index (χ2n) is 4.95. The number of rotatable bonds is 4. The first-order valence-electron chi connectivity index (χ1n) is 6.93. The molecule has 0 spiro atoms. The van der Waals surface area contributed by atoms with Crippen LogP contribution in [0.15, 0.2) is 50.5 Å². The summed E-state index contributed by atoms with van der Waals surface area (Å²) in [5.41, 5.74) is 0.263. The molecule has 0 aliphatic heterocycles. The Kier molecular flexibility index (Phi) is 4.10. The van der Waals surface area contributed by atoms with E-state index in [9.17, 15) is 17.6 Å². The van der Waals surface area contributed by atoms with Gasteiger partial charge < -0.3 is 4.42 Å². The van der Waals surface area contributed by atoms with E-state index in [1.54, 1.807) is 6.92 Å². The number of anilines is 1. The van der Waals surface area contributed by atoms with Gasteiger partial charge in [-0.2, -0.15) is 0 Å². The van der Waals surface area contributed by atoms with E-state index < -0.39 is 21.6 Å². The third-order valence-electron chi connectivity index (χ3n) is 3.45. The summed E-state index contributed by atoms with van der Waals surface area (Å²) in [4.78, 5) is 11.4. The maximum Gasteiger partial charge on any atom is 0.419 e. The number of fused-ring (bicyclic) bond motifs is 1. The predicted molar refractivity (Wildman–Crippen MR) is 88.4 cm³/mol. The summed E-state index contributed by atoms with van der Waals surface area (Å²) in [6.45, 7) is 2.09. The highest BCUT2D eigenvalue weighted by atomic mass is 35.5. The smallest absolute Gasteiger partial charge is 0.408 e. The largest absolute Gasteiger partial charge is 0.419 e. The molecule has 126 valence electrons. The third kappa shape index (κ3) is 2.78. The molecule has 2 aromatic carbocycles. The van der Waals surface area contributed by atoms with E-state index in [4.69, 9.17) is 16.0 Å². The third-order valence-corrected chi connectivity index (χ3v) is 5.28. The van der Waals surface area contributed by atoms with Crippen molar-refractivity contribution < 1.29 is 17.2 Å². The molecule has 9 heteroatoms. The maximum absolute atomic E-state index is 13.7. The average Bonchev–Trinajstić information content (AvgIpc) is 2.83. The van der Waals surface area contributed by atoms with Crippen molar-refractivity contribution in [1.29, 1.82) is 0 Å². The Morgan fingerprint density at radius 3 is 2.67 bits per heavy atom. The van der Waals surface area contributed by atoms with Crippen molar-refractivity contribution in [1.82, 2.24) is 4.57 Å². The van der Waals surface area contributed by atoms with Crippen molar-refractivity contribution in [2.75, 3.05) is 4.72 Å². The van der Waals surface area contributed by atoms with E-state index in [0.717, 1.165) is 12.1 Å². The summed E-state index contributed by atoms with van der Waals surface area (Å²) in [5, 5.41) is -0.102. The van der Waals surface area contributed by atoms with Crippen LogP contribution in [0.1, 0.15) is 6.92 Å². The molecule has 24 heavy (non-hydrogen) atoms. The summed E-state index contributed by atoms with van der Waals surface area (Å²) in [5.74, 6) is -1.33. The summed E-state index contributed by atoms with van der Waals surface area (Å²) < 4.78 is 47.1. The van der Waals surface area contributed by atoms with Crippen molar-refractivity contribution in [3.63, 3.8) is 0 Å². The van der Waals surface area contributed by atoms with Gasteiger partial charge in [0.25, 0.3) is 10.0 Å². The molecule has 0 saturated carbocycles.